The first-order chi connectivity index (χ1) is 11.4. The van der Waals surface area contributed by atoms with E-state index in [9.17, 15) is 15.2 Å². The summed E-state index contributed by atoms with van der Waals surface area (Å²) in [7, 11) is 1.55. The molecule has 122 valence electrons. The zero-order valence-electron chi connectivity index (χ0n) is 12.5. The highest BCUT2D eigenvalue weighted by molar-refractivity contribution is 9.11. The maximum Gasteiger partial charge on any atom is 0.266 e. The Bertz CT molecular complexity index is 817. The number of carbonyl (C=O) groups excluding carboxylic acids is 1. The van der Waals surface area contributed by atoms with Crippen LogP contribution in [0.5, 0.6) is 11.5 Å². The van der Waals surface area contributed by atoms with Crippen molar-refractivity contribution in [3.05, 3.63) is 56.5 Å². The van der Waals surface area contributed by atoms with E-state index >= 15 is 0 Å². The van der Waals surface area contributed by atoms with E-state index in [1.165, 1.54) is 18.2 Å². The number of anilines is 1. The van der Waals surface area contributed by atoms with Gasteiger partial charge in [0.15, 0.2) is 0 Å². The second-order valence-electron chi connectivity index (χ2n) is 4.69. The number of nitrogens with one attached hydrogen (secondary N) is 1. The van der Waals surface area contributed by atoms with E-state index in [0.717, 1.165) is 0 Å². The van der Waals surface area contributed by atoms with Crippen molar-refractivity contribution in [2.75, 3.05) is 12.4 Å². The molecule has 0 saturated carbocycles. The summed E-state index contributed by atoms with van der Waals surface area (Å²) in [4.78, 5) is 12.2. The van der Waals surface area contributed by atoms with Gasteiger partial charge in [-0.15, -0.1) is 0 Å². The van der Waals surface area contributed by atoms with E-state index in [1.54, 1.807) is 31.4 Å². The molecule has 1 amide bonds. The lowest BCUT2D eigenvalue weighted by atomic mass is 10.1. The number of ether oxygens (including phenoxy) is 1. The number of hydrogen-bond donors (Lipinski definition) is 2. The highest BCUT2D eigenvalue weighted by Crippen LogP contribution is 2.35. The molecular weight excluding hydrogens is 440 g/mol. The first-order valence-corrected chi connectivity index (χ1v) is 8.28. The van der Waals surface area contributed by atoms with Crippen LogP contribution in [0.15, 0.2) is 50.9 Å². The molecule has 0 fully saturated rings. The third-order valence-electron chi connectivity index (χ3n) is 3.03. The van der Waals surface area contributed by atoms with Crippen LogP contribution in [-0.4, -0.2) is 18.1 Å². The predicted octanol–water partition coefficient (Wildman–Crippen LogP) is 4.47. The van der Waals surface area contributed by atoms with Crippen molar-refractivity contribution in [3.63, 3.8) is 0 Å². The molecule has 5 nitrogen and oxygen atoms in total. The van der Waals surface area contributed by atoms with Crippen LogP contribution in [-0.2, 0) is 4.79 Å². The van der Waals surface area contributed by atoms with E-state index in [0.29, 0.717) is 25.9 Å². The van der Waals surface area contributed by atoms with Gasteiger partial charge in [0.25, 0.3) is 5.91 Å². The van der Waals surface area contributed by atoms with Crippen LogP contribution >= 0.6 is 31.9 Å². The molecule has 0 spiro atoms. The fraction of sp³-hybridized carbons (Fsp3) is 0.0588. The fourth-order valence-corrected chi connectivity index (χ4v) is 3.46. The number of benzene rings is 2. The SMILES string of the molecule is COc1c(Br)cc(/C=C(\C#N)C(=O)Nc2ccc(O)cc2)cc1Br. The number of nitriles is 1. The molecule has 24 heavy (non-hydrogen) atoms. The highest BCUT2D eigenvalue weighted by Gasteiger charge is 2.12. The largest absolute Gasteiger partial charge is 0.508 e. The van der Waals surface area contributed by atoms with Gasteiger partial charge in [0.05, 0.1) is 16.1 Å². The number of hydrogen-bond acceptors (Lipinski definition) is 4. The minimum atomic E-state index is -0.536. The predicted molar refractivity (Wildman–Crippen MR) is 98.7 cm³/mol. The van der Waals surface area contributed by atoms with Gasteiger partial charge in [-0.1, -0.05) is 0 Å². The van der Waals surface area contributed by atoms with Crippen LogP contribution in [0.1, 0.15) is 5.56 Å². The number of phenolic OH excluding ortho intramolecular Hbond substituents is 1. The lowest BCUT2D eigenvalue weighted by Gasteiger charge is -2.08. The molecule has 0 saturated heterocycles. The first kappa shape index (κ1) is 18.0. The quantitative estimate of drug-likeness (QED) is 0.408. The molecule has 0 bridgehead atoms. The van der Waals surface area contributed by atoms with Gasteiger partial charge in [-0.25, -0.2) is 0 Å². The number of carbonyl (C=O) groups is 1. The van der Waals surface area contributed by atoms with Crippen LogP contribution in [0.2, 0.25) is 0 Å². The van der Waals surface area contributed by atoms with Gasteiger partial charge in [0.2, 0.25) is 0 Å². The van der Waals surface area contributed by atoms with Crippen LogP contribution in [0.3, 0.4) is 0 Å². The van der Waals surface area contributed by atoms with E-state index in [2.05, 4.69) is 37.2 Å². The van der Waals surface area contributed by atoms with Gasteiger partial charge >= 0.3 is 0 Å². The van der Waals surface area contributed by atoms with E-state index in [4.69, 9.17) is 4.74 Å². The van der Waals surface area contributed by atoms with Crippen LogP contribution in [0.4, 0.5) is 5.69 Å². The van der Waals surface area contributed by atoms with Crippen molar-refractivity contribution in [3.8, 4) is 17.6 Å². The Labute approximate surface area is 155 Å². The van der Waals surface area contributed by atoms with Crippen LogP contribution in [0, 0.1) is 11.3 Å². The molecule has 0 unspecified atom stereocenters. The van der Waals surface area contributed by atoms with Gasteiger partial charge in [0, 0.05) is 5.69 Å². The second kappa shape index (κ2) is 7.99. The standard InChI is InChI=1S/C17H12Br2N2O3/c1-24-16-14(18)7-10(8-15(16)19)6-11(9-20)17(23)21-12-2-4-13(22)5-3-12/h2-8,22H,1H3,(H,21,23)/b11-6+. The maximum absolute atomic E-state index is 12.2. The van der Waals surface area contributed by atoms with Gasteiger partial charge < -0.3 is 15.2 Å². The Balaban J connectivity index is 2.27. The second-order valence-corrected chi connectivity index (χ2v) is 6.40. The summed E-state index contributed by atoms with van der Waals surface area (Å²) in [6.07, 6.45) is 1.48. The summed E-state index contributed by atoms with van der Waals surface area (Å²) < 4.78 is 6.61. The zero-order valence-corrected chi connectivity index (χ0v) is 15.7. The molecule has 2 rings (SSSR count). The summed E-state index contributed by atoms with van der Waals surface area (Å²) >= 11 is 6.75. The average Bonchev–Trinajstić information content (AvgIpc) is 2.54. The third kappa shape index (κ3) is 4.37. The summed E-state index contributed by atoms with van der Waals surface area (Å²) in [5.74, 6) is 0.183. The molecule has 0 radical (unpaired) electrons. The number of methoxy groups -OCH3 is 1. The number of nitrogens with zero attached hydrogens (tertiary/aromatic N) is 1. The van der Waals surface area contributed by atoms with Crippen molar-refractivity contribution in [1.29, 1.82) is 5.26 Å². The normalized spacial score (nSPS) is 10.8. The maximum atomic E-state index is 12.2. The van der Waals surface area contributed by atoms with Gasteiger partial charge in [-0.3, -0.25) is 4.79 Å². The number of amides is 1. The summed E-state index contributed by atoms with van der Waals surface area (Å²) in [6.45, 7) is 0. The monoisotopic (exact) mass is 450 g/mol. The van der Waals surface area contributed by atoms with Crippen molar-refractivity contribution in [1.82, 2.24) is 0 Å². The minimum Gasteiger partial charge on any atom is -0.508 e. The summed E-state index contributed by atoms with van der Waals surface area (Å²) in [6, 6.07) is 11.4. The van der Waals surface area contributed by atoms with E-state index in [-0.39, 0.29) is 11.3 Å². The highest BCUT2D eigenvalue weighted by atomic mass is 79.9. The Morgan fingerprint density at radius 3 is 2.33 bits per heavy atom. The Morgan fingerprint density at radius 2 is 1.83 bits per heavy atom. The fourth-order valence-electron chi connectivity index (χ4n) is 1.92. The van der Waals surface area contributed by atoms with Crippen molar-refractivity contribution >= 4 is 49.5 Å². The zero-order chi connectivity index (χ0) is 17.7. The van der Waals surface area contributed by atoms with Crippen LogP contribution < -0.4 is 10.1 Å². The Hall–Kier alpha value is -2.30. The lowest BCUT2D eigenvalue weighted by molar-refractivity contribution is -0.112. The van der Waals surface area contributed by atoms with Crippen molar-refractivity contribution in [2.45, 2.75) is 0 Å². The number of phenols is 1. The molecule has 2 aromatic rings. The summed E-state index contributed by atoms with van der Waals surface area (Å²) in [5, 5.41) is 21.1. The van der Waals surface area contributed by atoms with Gasteiger partial charge in [0.1, 0.15) is 23.1 Å². The van der Waals surface area contributed by atoms with Gasteiger partial charge in [-0.2, -0.15) is 5.26 Å². The van der Waals surface area contributed by atoms with Crippen molar-refractivity contribution in [2.24, 2.45) is 0 Å². The lowest BCUT2D eigenvalue weighted by Crippen LogP contribution is -2.13. The number of halogens is 2. The van der Waals surface area contributed by atoms with E-state index < -0.39 is 5.91 Å². The molecule has 0 aromatic heterocycles. The minimum absolute atomic E-state index is 0.0490. The molecule has 2 N–H and O–H groups in total. The average molecular weight is 452 g/mol. The molecule has 7 heteroatoms. The van der Waals surface area contributed by atoms with Gasteiger partial charge in [-0.05, 0) is 79.9 Å². The molecule has 0 aliphatic carbocycles. The molecule has 0 heterocycles. The smallest absolute Gasteiger partial charge is 0.266 e. The van der Waals surface area contributed by atoms with Crippen molar-refractivity contribution < 1.29 is 14.6 Å². The number of aromatic hydroxyl groups is 1. The topological polar surface area (TPSA) is 82.3 Å². The third-order valence-corrected chi connectivity index (χ3v) is 4.20. The van der Waals surface area contributed by atoms with E-state index in [1.807, 2.05) is 6.07 Å². The molecule has 0 aliphatic rings. The Kier molecular flexibility index (Phi) is 6.01. The molecule has 0 aliphatic heterocycles. The first-order valence-electron chi connectivity index (χ1n) is 6.70. The number of rotatable bonds is 4. The summed E-state index contributed by atoms with van der Waals surface area (Å²) in [5.41, 5.74) is 1.09. The van der Waals surface area contributed by atoms with Crippen LogP contribution in [0.25, 0.3) is 6.08 Å². The molecule has 0 atom stereocenters. The molecular formula is C17H12Br2N2O3. The molecule has 2 aromatic carbocycles. The Morgan fingerprint density at radius 1 is 1.25 bits per heavy atom.